The van der Waals surface area contributed by atoms with Gasteiger partial charge >= 0.3 is 0 Å². The Labute approximate surface area is 121 Å². The number of amides is 1. The Balaban J connectivity index is 2.09. The van der Waals surface area contributed by atoms with Crippen molar-refractivity contribution >= 4 is 12.0 Å². The number of halogens is 1. The van der Waals surface area contributed by atoms with Crippen LogP contribution in [0.5, 0.6) is 0 Å². The van der Waals surface area contributed by atoms with Crippen LogP contribution in [0.4, 0.5) is 4.39 Å². The molecule has 1 aromatic heterocycles. The van der Waals surface area contributed by atoms with Crippen LogP contribution >= 0.6 is 0 Å². The number of pyridine rings is 1. The Kier molecular flexibility index (Phi) is 4.78. The zero-order valence-electron chi connectivity index (χ0n) is 11.1. The maximum atomic E-state index is 13.5. The summed E-state index contributed by atoms with van der Waals surface area (Å²) < 4.78 is 13.5. The maximum Gasteiger partial charge on any atom is 0.262 e. The number of hydrogen-bond acceptors (Lipinski definition) is 3. The molecular formula is C16H12FN3O. The average molecular weight is 281 g/mol. The molecule has 0 atom stereocenters. The average Bonchev–Trinajstić information content (AvgIpc) is 2.53. The molecule has 0 aliphatic heterocycles. The quantitative estimate of drug-likeness (QED) is 0.691. The Hall–Kier alpha value is -3.00. The van der Waals surface area contributed by atoms with E-state index in [9.17, 15) is 9.18 Å². The molecule has 0 aliphatic rings. The lowest BCUT2D eigenvalue weighted by Gasteiger charge is -2.04. The number of nitrogens with one attached hydrogen (secondary N) is 1. The number of hydrogen-bond donors (Lipinski definition) is 1. The smallest absolute Gasteiger partial charge is 0.262 e. The van der Waals surface area contributed by atoms with E-state index in [0.717, 1.165) is 0 Å². The number of benzene rings is 1. The molecule has 0 aliphatic carbocycles. The number of carbonyl (C=O) groups is 1. The SMILES string of the molecule is N#C/C(=C/c1ccccc1F)C(=O)NCc1ccccn1. The van der Waals surface area contributed by atoms with E-state index in [1.54, 1.807) is 42.6 Å². The Bertz CT molecular complexity index is 705. The van der Waals surface area contributed by atoms with Crippen LogP contribution in [0.15, 0.2) is 54.2 Å². The van der Waals surface area contributed by atoms with Gasteiger partial charge in [-0.1, -0.05) is 24.3 Å². The van der Waals surface area contributed by atoms with Gasteiger partial charge in [0, 0.05) is 11.8 Å². The fourth-order valence-corrected chi connectivity index (χ4v) is 1.67. The van der Waals surface area contributed by atoms with Crippen LogP contribution in [0.2, 0.25) is 0 Å². The first-order valence-electron chi connectivity index (χ1n) is 6.25. The molecule has 1 aromatic carbocycles. The minimum Gasteiger partial charge on any atom is -0.346 e. The lowest BCUT2D eigenvalue weighted by molar-refractivity contribution is -0.117. The predicted molar refractivity (Wildman–Crippen MR) is 76.1 cm³/mol. The van der Waals surface area contributed by atoms with Gasteiger partial charge in [-0.3, -0.25) is 9.78 Å². The summed E-state index contributed by atoms with van der Waals surface area (Å²) in [7, 11) is 0. The van der Waals surface area contributed by atoms with E-state index in [2.05, 4.69) is 10.3 Å². The summed E-state index contributed by atoms with van der Waals surface area (Å²) in [6, 6.07) is 13.0. The van der Waals surface area contributed by atoms with Gasteiger partial charge in [-0.25, -0.2) is 4.39 Å². The van der Waals surface area contributed by atoms with E-state index in [0.29, 0.717) is 5.69 Å². The van der Waals surface area contributed by atoms with Crippen LogP contribution < -0.4 is 5.32 Å². The first-order valence-corrected chi connectivity index (χ1v) is 6.25. The summed E-state index contributed by atoms with van der Waals surface area (Å²) in [6.07, 6.45) is 2.84. The highest BCUT2D eigenvalue weighted by Gasteiger charge is 2.10. The van der Waals surface area contributed by atoms with Crippen molar-refractivity contribution in [2.75, 3.05) is 0 Å². The molecule has 1 amide bonds. The Morgan fingerprint density at radius 1 is 1.29 bits per heavy atom. The highest BCUT2D eigenvalue weighted by atomic mass is 19.1. The molecular weight excluding hydrogens is 269 g/mol. The highest BCUT2D eigenvalue weighted by Crippen LogP contribution is 2.11. The van der Waals surface area contributed by atoms with E-state index < -0.39 is 11.7 Å². The molecule has 4 nitrogen and oxygen atoms in total. The standard InChI is InChI=1S/C16H12FN3O/c17-15-7-2-1-5-12(15)9-13(10-18)16(21)20-11-14-6-3-4-8-19-14/h1-9H,11H2,(H,20,21)/b13-9-. The van der Waals surface area contributed by atoms with Crippen molar-refractivity contribution in [3.8, 4) is 6.07 Å². The van der Waals surface area contributed by atoms with Gasteiger partial charge in [0.2, 0.25) is 0 Å². The van der Waals surface area contributed by atoms with Gasteiger partial charge < -0.3 is 5.32 Å². The number of nitrogens with zero attached hydrogens (tertiary/aromatic N) is 2. The van der Waals surface area contributed by atoms with Crippen LogP contribution in [-0.4, -0.2) is 10.9 Å². The first-order chi connectivity index (χ1) is 10.2. The molecule has 0 saturated carbocycles. The van der Waals surface area contributed by atoms with Gasteiger partial charge in [-0.05, 0) is 24.3 Å². The van der Waals surface area contributed by atoms with Crippen LogP contribution in [-0.2, 0) is 11.3 Å². The first kappa shape index (κ1) is 14.4. The fourth-order valence-electron chi connectivity index (χ4n) is 1.67. The lowest BCUT2D eigenvalue weighted by atomic mass is 10.1. The molecule has 2 rings (SSSR count). The molecule has 5 heteroatoms. The van der Waals surface area contributed by atoms with Crippen molar-refractivity contribution in [1.29, 1.82) is 5.26 Å². The molecule has 104 valence electrons. The summed E-state index contributed by atoms with van der Waals surface area (Å²) in [5.74, 6) is -1.05. The normalized spacial score (nSPS) is 10.8. The Morgan fingerprint density at radius 2 is 2.05 bits per heavy atom. The van der Waals surface area contributed by atoms with Crippen LogP contribution in [0.25, 0.3) is 6.08 Å². The summed E-state index contributed by atoms with van der Waals surface area (Å²) in [4.78, 5) is 16.0. The van der Waals surface area contributed by atoms with Crippen molar-refractivity contribution in [1.82, 2.24) is 10.3 Å². The molecule has 0 radical (unpaired) electrons. The summed E-state index contributed by atoms with van der Waals surface area (Å²) in [6.45, 7) is 0.204. The molecule has 0 bridgehead atoms. The van der Waals surface area contributed by atoms with Gasteiger partial charge in [0.05, 0.1) is 12.2 Å². The van der Waals surface area contributed by atoms with Crippen LogP contribution in [0.3, 0.4) is 0 Å². The second kappa shape index (κ2) is 6.96. The van der Waals surface area contributed by atoms with E-state index in [-0.39, 0.29) is 17.7 Å². The lowest BCUT2D eigenvalue weighted by Crippen LogP contribution is -2.24. The third kappa shape index (κ3) is 3.98. The largest absolute Gasteiger partial charge is 0.346 e. The van der Waals surface area contributed by atoms with Gasteiger partial charge in [0.1, 0.15) is 17.5 Å². The number of rotatable bonds is 4. The van der Waals surface area contributed by atoms with Gasteiger partial charge in [-0.2, -0.15) is 5.26 Å². The van der Waals surface area contributed by atoms with Crippen LogP contribution in [0, 0.1) is 17.1 Å². The second-order valence-corrected chi connectivity index (χ2v) is 4.20. The highest BCUT2D eigenvalue weighted by molar-refractivity contribution is 6.01. The van der Waals surface area contributed by atoms with Crippen LogP contribution in [0.1, 0.15) is 11.3 Å². The molecule has 0 fully saturated rings. The number of nitriles is 1. The Morgan fingerprint density at radius 3 is 2.71 bits per heavy atom. The minimum atomic E-state index is -0.564. The zero-order valence-corrected chi connectivity index (χ0v) is 11.1. The van der Waals surface area contributed by atoms with Crippen molar-refractivity contribution in [2.45, 2.75) is 6.54 Å². The van der Waals surface area contributed by atoms with E-state index in [4.69, 9.17) is 5.26 Å². The predicted octanol–water partition coefficient (Wildman–Crippen LogP) is 2.44. The molecule has 0 unspecified atom stereocenters. The fraction of sp³-hybridized carbons (Fsp3) is 0.0625. The summed E-state index contributed by atoms with van der Waals surface area (Å²) >= 11 is 0. The van der Waals surface area contributed by atoms with Crippen molar-refractivity contribution in [3.63, 3.8) is 0 Å². The molecule has 2 aromatic rings. The third-order valence-corrected chi connectivity index (χ3v) is 2.73. The van der Waals surface area contributed by atoms with Crippen molar-refractivity contribution in [3.05, 3.63) is 71.3 Å². The molecule has 0 spiro atoms. The third-order valence-electron chi connectivity index (χ3n) is 2.73. The zero-order chi connectivity index (χ0) is 15.1. The van der Waals surface area contributed by atoms with E-state index in [1.807, 2.05) is 0 Å². The van der Waals surface area contributed by atoms with E-state index in [1.165, 1.54) is 18.2 Å². The van der Waals surface area contributed by atoms with E-state index >= 15 is 0 Å². The molecule has 1 heterocycles. The molecule has 21 heavy (non-hydrogen) atoms. The van der Waals surface area contributed by atoms with Gasteiger partial charge in [0.25, 0.3) is 5.91 Å². The number of carbonyl (C=O) groups excluding carboxylic acids is 1. The van der Waals surface area contributed by atoms with Crippen molar-refractivity contribution in [2.24, 2.45) is 0 Å². The molecule has 1 N–H and O–H groups in total. The molecule has 0 saturated heterocycles. The summed E-state index contributed by atoms with van der Waals surface area (Å²) in [5, 5.41) is 11.6. The van der Waals surface area contributed by atoms with Crippen molar-refractivity contribution < 1.29 is 9.18 Å². The summed E-state index contributed by atoms with van der Waals surface area (Å²) in [5.41, 5.74) is 0.715. The minimum absolute atomic E-state index is 0.156. The van der Waals surface area contributed by atoms with Gasteiger partial charge in [0.15, 0.2) is 0 Å². The maximum absolute atomic E-state index is 13.5. The topological polar surface area (TPSA) is 65.8 Å². The monoisotopic (exact) mass is 281 g/mol. The number of aromatic nitrogens is 1. The van der Waals surface area contributed by atoms with Gasteiger partial charge in [-0.15, -0.1) is 0 Å². The second-order valence-electron chi connectivity index (χ2n) is 4.20.